The van der Waals surface area contributed by atoms with Crippen LogP contribution in [0.4, 0.5) is 5.69 Å². The van der Waals surface area contributed by atoms with Crippen LogP contribution in [-0.2, 0) is 0 Å². The van der Waals surface area contributed by atoms with Crippen molar-refractivity contribution in [3.8, 4) is 0 Å². The fourth-order valence-corrected chi connectivity index (χ4v) is 5.53. The summed E-state index contributed by atoms with van der Waals surface area (Å²) < 4.78 is 0. The molecular weight excluding hydrogens is 370 g/mol. The van der Waals surface area contributed by atoms with Crippen LogP contribution in [0.1, 0.15) is 24.4 Å². The molecule has 30 heavy (non-hydrogen) atoms. The minimum absolute atomic E-state index is 0.418. The van der Waals surface area contributed by atoms with Crippen LogP contribution in [0.3, 0.4) is 0 Å². The molecule has 3 aliphatic heterocycles. The summed E-state index contributed by atoms with van der Waals surface area (Å²) in [7, 11) is 0. The number of nitrogens with zero attached hydrogens (tertiary/aromatic N) is 3. The minimum Gasteiger partial charge on any atom is -0.369 e. The molecule has 160 valence electrons. The normalized spacial score (nSPS) is 28.7. The lowest BCUT2D eigenvalue weighted by Gasteiger charge is -2.44. The molecule has 2 aromatic rings. The van der Waals surface area contributed by atoms with E-state index in [1.54, 1.807) is 0 Å². The maximum atomic E-state index is 3.51. The van der Waals surface area contributed by atoms with E-state index in [1.165, 1.54) is 56.8 Å². The lowest BCUT2D eigenvalue weighted by molar-refractivity contribution is 0.0829. The molecule has 5 rings (SSSR count). The molecule has 0 radical (unpaired) electrons. The maximum absolute atomic E-state index is 3.51. The van der Waals surface area contributed by atoms with Crippen LogP contribution in [0.2, 0.25) is 0 Å². The smallest absolute Gasteiger partial charge is 0.0515 e. The molecule has 3 atom stereocenters. The van der Waals surface area contributed by atoms with Crippen molar-refractivity contribution in [1.82, 2.24) is 20.7 Å². The van der Waals surface area contributed by atoms with Gasteiger partial charge in [0.15, 0.2) is 0 Å². The number of benzene rings is 2. The first-order valence-electron chi connectivity index (χ1n) is 11.7. The summed E-state index contributed by atoms with van der Waals surface area (Å²) in [4.78, 5) is 8.02. The molecule has 3 fully saturated rings. The number of hydrogen-bond donors (Lipinski definition) is 2. The number of hydrogen-bond acceptors (Lipinski definition) is 5. The summed E-state index contributed by atoms with van der Waals surface area (Å²) in [5.74, 6) is 0.626. The SMILES string of the molecule is c1ccc(C2NNCC2CN2CCCC(N3CCN(c4ccccc4)CC3)C2)cc1. The summed E-state index contributed by atoms with van der Waals surface area (Å²) in [5, 5.41) is 0. The molecule has 0 bridgehead atoms. The Morgan fingerprint density at radius 1 is 0.833 bits per heavy atom. The van der Waals surface area contributed by atoms with E-state index in [0.717, 1.165) is 19.6 Å². The Labute approximate surface area is 181 Å². The van der Waals surface area contributed by atoms with Gasteiger partial charge in [-0.1, -0.05) is 48.5 Å². The average Bonchev–Trinajstić information content (AvgIpc) is 3.29. The highest BCUT2D eigenvalue weighted by Gasteiger charge is 2.33. The van der Waals surface area contributed by atoms with Crippen LogP contribution >= 0.6 is 0 Å². The molecule has 5 heteroatoms. The van der Waals surface area contributed by atoms with Gasteiger partial charge < -0.3 is 9.80 Å². The summed E-state index contributed by atoms with van der Waals surface area (Å²) in [6, 6.07) is 22.9. The number of piperazine rings is 1. The monoisotopic (exact) mass is 405 g/mol. The second kappa shape index (κ2) is 9.48. The fraction of sp³-hybridized carbons (Fsp3) is 0.520. The van der Waals surface area contributed by atoms with Crippen LogP contribution in [0.25, 0.3) is 0 Å². The molecule has 0 aromatic heterocycles. The average molecular weight is 406 g/mol. The Balaban J connectivity index is 1.15. The molecule has 3 aliphatic rings. The number of anilines is 1. The predicted octanol–water partition coefficient (Wildman–Crippen LogP) is 2.74. The second-order valence-corrected chi connectivity index (χ2v) is 9.09. The molecule has 0 aliphatic carbocycles. The van der Waals surface area contributed by atoms with Crippen molar-refractivity contribution in [2.45, 2.75) is 24.9 Å². The van der Waals surface area contributed by atoms with E-state index in [9.17, 15) is 0 Å². The van der Waals surface area contributed by atoms with E-state index in [4.69, 9.17) is 0 Å². The van der Waals surface area contributed by atoms with Crippen molar-refractivity contribution >= 4 is 5.69 Å². The van der Waals surface area contributed by atoms with Crippen LogP contribution < -0.4 is 15.8 Å². The highest BCUT2D eigenvalue weighted by Crippen LogP contribution is 2.27. The van der Waals surface area contributed by atoms with E-state index in [1.807, 2.05) is 0 Å². The van der Waals surface area contributed by atoms with Gasteiger partial charge in [0.2, 0.25) is 0 Å². The van der Waals surface area contributed by atoms with Gasteiger partial charge in [-0.15, -0.1) is 0 Å². The first-order valence-corrected chi connectivity index (χ1v) is 11.7. The van der Waals surface area contributed by atoms with E-state index in [0.29, 0.717) is 18.0 Å². The van der Waals surface area contributed by atoms with Gasteiger partial charge in [-0.05, 0) is 37.1 Å². The first kappa shape index (κ1) is 20.0. The quantitative estimate of drug-likeness (QED) is 0.800. The Bertz CT molecular complexity index is 775. The molecule has 0 spiro atoms. The molecule has 3 unspecified atom stereocenters. The third-order valence-electron chi connectivity index (χ3n) is 7.18. The highest BCUT2D eigenvalue weighted by molar-refractivity contribution is 5.46. The minimum atomic E-state index is 0.418. The lowest BCUT2D eigenvalue weighted by Crippen LogP contribution is -2.55. The fourth-order valence-electron chi connectivity index (χ4n) is 5.53. The maximum Gasteiger partial charge on any atom is 0.0515 e. The molecule has 3 heterocycles. The Hall–Kier alpha value is -1.92. The second-order valence-electron chi connectivity index (χ2n) is 9.09. The number of hydrazine groups is 1. The first-order chi connectivity index (χ1) is 14.9. The number of piperidine rings is 1. The number of nitrogens with one attached hydrogen (secondary N) is 2. The summed E-state index contributed by atoms with van der Waals surface area (Å²) >= 11 is 0. The molecule has 2 aromatic carbocycles. The Kier molecular flexibility index (Phi) is 6.32. The molecule has 3 saturated heterocycles. The summed E-state index contributed by atoms with van der Waals surface area (Å²) in [6.07, 6.45) is 2.68. The van der Waals surface area contributed by atoms with Gasteiger partial charge in [0.05, 0.1) is 6.04 Å². The van der Waals surface area contributed by atoms with Gasteiger partial charge in [-0.2, -0.15) is 0 Å². The summed E-state index contributed by atoms with van der Waals surface area (Å²) in [6.45, 7) is 9.37. The van der Waals surface area contributed by atoms with Gasteiger partial charge in [-0.3, -0.25) is 10.3 Å². The molecule has 0 saturated carbocycles. The van der Waals surface area contributed by atoms with E-state index in [-0.39, 0.29) is 0 Å². The number of para-hydroxylation sites is 1. The van der Waals surface area contributed by atoms with Crippen LogP contribution in [0, 0.1) is 5.92 Å². The van der Waals surface area contributed by atoms with Crippen molar-refractivity contribution in [2.75, 3.05) is 57.3 Å². The van der Waals surface area contributed by atoms with E-state index < -0.39 is 0 Å². The number of likely N-dealkylation sites (tertiary alicyclic amines) is 1. The topological polar surface area (TPSA) is 33.8 Å². The van der Waals surface area contributed by atoms with Crippen molar-refractivity contribution in [3.05, 3.63) is 66.2 Å². The van der Waals surface area contributed by atoms with Crippen LogP contribution in [-0.4, -0.2) is 68.2 Å². The molecular formula is C25H35N5. The zero-order valence-electron chi connectivity index (χ0n) is 17.9. The van der Waals surface area contributed by atoms with E-state index >= 15 is 0 Å². The van der Waals surface area contributed by atoms with Crippen molar-refractivity contribution in [1.29, 1.82) is 0 Å². The van der Waals surface area contributed by atoms with E-state index in [2.05, 4.69) is 86.2 Å². The summed E-state index contributed by atoms with van der Waals surface area (Å²) in [5.41, 5.74) is 9.70. The Morgan fingerprint density at radius 2 is 1.57 bits per heavy atom. The third kappa shape index (κ3) is 4.54. The zero-order chi connectivity index (χ0) is 20.2. The van der Waals surface area contributed by atoms with Crippen molar-refractivity contribution in [2.24, 2.45) is 5.92 Å². The largest absolute Gasteiger partial charge is 0.369 e. The van der Waals surface area contributed by atoms with Gasteiger partial charge in [-0.25, -0.2) is 5.43 Å². The highest BCUT2D eigenvalue weighted by atomic mass is 15.4. The standard InChI is InChI=1S/C25H35N5/c1-3-8-21(9-4-1)25-22(18-26-27-25)19-28-13-7-12-24(20-28)30-16-14-29(15-17-30)23-10-5-2-6-11-23/h1-6,8-11,22,24-27H,7,12-20H2. The van der Waals surface area contributed by atoms with Crippen LogP contribution in [0.5, 0.6) is 0 Å². The van der Waals surface area contributed by atoms with Crippen molar-refractivity contribution < 1.29 is 0 Å². The molecule has 0 amide bonds. The Morgan fingerprint density at radius 3 is 2.33 bits per heavy atom. The van der Waals surface area contributed by atoms with Gasteiger partial charge >= 0.3 is 0 Å². The van der Waals surface area contributed by atoms with Gasteiger partial charge in [0.25, 0.3) is 0 Å². The van der Waals surface area contributed by atoms with Crippen molar-refractivity contribution in [3.63, 3.8) is 0 Å². The van der Waals surface area contributed by atoms with Crippen LogP contribution in [0.15, 0.2) is 60.7 Å². The number of rotatable bonds is 5. The lowest BCUT2D eigenvalue weighted by atomic mass is 9.93. The zero-order valence-corrected chi connectivity index (χ0v) is 17.9. The van der Waals surface area contributed by atoms with Gasteiger partial charge in [0, 0.05) is 63.5 Å². The molecule has 5 nitrogen and oxygen atoms in total. The third-order valence-corrected chi connectivity index (χ3v) is 7.18. The van der Waals surface area contributed by atoms with Gasteiger partial charge in [0.1, 0.15) is 0 Å². The predicted molar refractivity (Wildman–Crippen MR) is 124 cm³/mol. The molecule has 2 N–H and O–H groups in total.